The first-order chi connectivity index (χ1) is 8.00. The van der Waals surface area contributed by atoms with Crippen LogP contribution in [0.15, 0.2) is 12.4 Å². The molecule has 2 unspecified atom stereocenters. The molecule has 0 aliphatic heterocycles. The summed E-state index contributed by atoms with van der Waals surface area (Å²) in [5.41, 5.74) is 0.132. The van der Waals surface area contributed by atoms with Crippen molar-refractivity contribution in [3.63, 3.8) is 0 Å². The monoisotopic (exact) mass is 235 g/mol. The van der Waals surface area contributed by atoms with Crippen LogP contribution in [0.2, 0.25) is 0 Å². The van der Waals surface area contributed by atoms with E-state index >= 15 is 0 Å². The Kier molecular flexibility index (Phi) is 3.22. The lowest BCUT2D eigenvalue weighted by atomic mass is 9.81. The molecule has 1 aromatic heterocycles. The highest BCUT2D eigenvalue weighted by Crippen LogP contribution is 2.42. The SMILES string of the molecule is CC(NC(=O)C1CCCC1(C)C)c1ncc[nH]1. The molecule has 0 spiro atoms. The van der Waals surface area contributed by atoms with Crippen LogP contribution < -0.4 is 5.32 Å². The van der Waals surface area contributed by atoms with Crippen molar-refractivity contribution in [3.8, 4) is 0 Å². The number of amides is 1. The van der Waals surface area contributed by atoms with E-state index in [-0.39, 0.29) is 23.3 Å². The van der Waals surface area contributed by atoms with Gasteiger partial charge in [0, 0.05) is 18.3 Å². The molecule has 1 aliphatic rings. The summed E-state index contributed by atoms with van der Waals surface area (Å²) in [6.07, 6.45) is 6.78. The van der Waals surface area contributed by atoms with Crippen molar-refractivity contribution in [1.82, 2.24) is 15.3 Å². The first-order valence-electron chi connectivity index (χ1n) is 6.30. The minimum absolute atomic E-state index is 0.0473. The van der Waals surface area contributed by atoms with Crippen LogP contribution in [0.1, 0.15) is 51.9 Å². The summed E-state index contributed by atoms with van der Waals surface area (Å²) in [5, 5.41) is 3.05. The summed E-state index contributed by atoms with van der Waals surface area (Å²) in [6.45, 7) is 6.32. The van der Waals surface area contributed by atoms with Gasteiger partial charge in [0.25, 0.3) is 0 Å². The summed E-state index contributed by atoms with van der Waals surface area (Å²) >= 11 is 0. The van der Waals surface area contributed by atoms with Crippen molar-refractivity contribution in [2.75, 3.05) is 0 Å². The molecular weight excluding hydrogens is 214 g/mol. The highest BCUT2D eigenvalue weighted by Gasteiger charge is 2.39. The number of rotatable bonds is 3. The van der Waals surface area contributed by atoms with Gasteiger partial charge in [0.2, 0.25) is 5.91 Å². The fourth-order valence-electron chi connectivity index (χ4n) is 2.71. The molecule has 0 aromatic carbocycles. The Balaban J connectivity index is 1.98. The van der Waals surface area contributed by atoms with Gasteiger partial charge in [-0.05, 0) is 25.2 Å². The standard InChI is InChI=1S/C13H21N3O/c1-9(11-14-7-8-15-11)16-12(17)10-5-4-6-13(10,2)3/h7-10H,4-6H2,1-3H3,(H,14,15)(H,16,17). The zero-order valence-electron chi connectivity index (χ0n) is 10.8. The summed E-state index contributed by atoms with van der Waals surface area (Å²) < 4.78 is 0. The average molecular weight is 235 g/mol. The van der Waals surface area contributed by atoms with Crippen LogP contribution in [0.4, 0.5) is 0 Å². The van der Waals surface area contributed by atoms with E-state index < -0.39 is 0 Å². The molecule has 94 valence electrons. The third-order valence-electron chi connectivity index (χ3n) is 3.86. The number of nitrogens with zero attached hydrogens (tertiary/aromatic N) is 1. The molecule has 1 fully saturated rings. The Hall–Kier alpha value is -1.32. The van der Waals surface area contributed by atoms with Gasteiger partial charge in [-0.3, -0.25) is 4.79 Å². The number of aromatic nitrogens is 2. The van der Waals surface area contributed by atoms with Gasteiger partial charge < -0.3 is 10.3 Å². The molecule has 0 bridgehead atoms. The smallest absolute Gasteiger partial charge is 0.224 e. The Morgan fingerprint density at radius 2 is 2.41 bits per heavy atom. The third-order valence-corrected chi connectivity index (χ3v) is 3.86. The normalized spacial score (nSPS) is 24.5. The minimum Gasteiger partial charge on any atom is -0.347 e. The van der Waals surface area contributed by atoms with Crippen LogP contribution in [-0.4, -0.2) is 15.9 Å². The molecule has 4 heteroatoms. The maximum atomic E-state index is 12.2. The van der Waals surface area contributed by atoms with Gasteiger partial charge in [-0.1, -0.05) is 20.3 Å². The summed E-state index contributed by atoms with van der Waals surface area (Å²) in [5.74, 6) is 1.12. The molecule has 2 atom stereocenters. The molecule has 2 N–H and O–H groups in total. The van der Waals surface area contributed by atoms with Crippen LogP contribution in [-0.2, 0) is 4.79 Å². The Bertz CT molecular complexity index is 383. The molecule has 1 amide bonds. The second kappa shape index (κ2) is 4.51. The van der Waals surface area contributed by atoms with Crippen LogP contribution in [0, 0.1) is 11.3 Å². The first-order valence-corrected chi connectivity index (χ1v) is 6.30. The van der Waals surface area contributed by atoms with Crippen LogP contribution in [0.3, 0.4) is 0 Å². The number of hydrogen-bond acceptors (Lipinski definition) is 2. The lowest BCUT2D eigenvalue weighted by Crippen LogP contribution is -2.37. The number of carbonyl (C=O) groups is 1. The van der Waals surface area contributed by atoms with E-state index in [9.17, 15) is 4.79 Å². The molecule has 2 rings (SSSR count). The lowest BCUT2D eigenvalue weighted by Gasteiger charge is -2.27. The van der Waals surface area contributed by atoms with Crippen molar-refractivity contribution in [3.05, 3.63) is 18.2 Å². The van der Waals surface area contributed by atoms with Gasteiger partial charge in [0.1, 0.15) is 5.82 Å². The maximum absolute atomic E-state index is 12.2. The van der Waals surface area contributed by atoms with Gasteiger partial charge in [-0.15, -0.1) is 0 Å². The molecule has 0 radical (unpaired) electrons. The van der Waals surface area contributed by atoms with Crippen molar-refractivity contribution in [1.29, 1.82) is 0 Å². The fourth-order valence-corrected chi connectivity index (χ4v) is 2.71. The average Bonchev–Trinajstić information content (AvgIpc) is 2.85. The molecule has 0 saturated heterocycles. The van der Waals surface area contributed by atoms with Gasteiger partial charge in [0.15, 0.2) is 0 Å². The highest BCUT2D eigenvalue weighted by atomic mass is 16.2. The predicted molar refractivity (Wildman–Crippen MR) is 66.3 cm³/mol. The highest BCUT2D eigenvalue weighted by molar-refractivity contribution is 5.80. The van der Waals surface area contributed by atoms with Crippen molar-refractivity contribution < 1.29 is 4.79 Å². The third kappa shape index (κ3) is 2.51. The zero-order chi connectivity index (χ0) is 12.5. The largest absolute Gasteiger partial charge is 0.347 e. The Morgan fingerprint density at radius 1 is 1.65 bits per heavy atom. The number of hydrogen-bond donors (Lipinski definition) is 2. The van der Waals surface area contributed by atoms with Crippen LogP contribution in [0.5, 0.6) is 0 Å². The fraction of sp³-hybridized carbons (Fsp3) is 0.692. The second-order valence-electron chi connectivity index (χ2n) is 5.64. The van der Waals surface area contributed by atoms with Crippen molar-refractivity contribution in [2.24, 2.45) is 11.3 Å². The summed E-state index contributed by atoms with van der Waals surface area (Å²) in [7, 11) is 0. The van der Waals surface area contributed by atoms with Gasteiger partial charge >= 0.3 is 0 Å². The number of carbonyl (C=O) groups excluding carboxylic acids is 1. The number of nitrogens with one attached hydrogen (secondary N) is 2. The van der Waals surface area contributed by atoms with E-state index in [0.717, 1.165) is 25.1 Å². The van der Waals surface area contributed by atoms with Gasteiger partial charge in [-0.25, -0.2) is 4.98 Å². The van der Waals surface area contributed by atoms with E-state index in [1.54, 1.807) is 12.4 Å². The number of aromatic amines is 1. The molecule has 1 heterocycles. The molecule has 17 heavy (non-hydrogen) atoms. The minimum atomic E-state index is -0.0473. The van der Waals surface area contributed by atoms with Gasteiger partial charge in [-0.2, -0.15) is 0 Å². The second-order valence-corrected chi connectivity index (χ2v) is 5.64. The van der Waals surface area contributed by atoms with Crippen LogP contribution in [0.25, 0.3) is 0 Å². The van der Waals surface area contributed by atoms with Gasteiger partial charge in [0.05, 0.1) is 6.04 Å². The first kappa shape index (κ1) is 12.1. The number of imidazole rings is 1. The topological polar surface area (TPSA) is 57.8 Å². The summed E-state index contributed by atoms with van der Waals surface area (Å²) in [4.78, 5) is 19.4. The number of H-pyrrole nitrogens is 1. The zero-order valence-corrected chi connectivity index (χ0v) is 10.8. The molecular formula is C13H21N3O. The Labute approximate surface area is 102 Å². The lowest BCUT2D eigenvalue weighted by molar-refractivity contribution is -0.128. The predicted octanol–water partition coefficient (Wildman–Crippen LogP) is 2.41. The van der Waals surface area contributed by atoms with Crippen molar-refractivity contribution in [2.45, 2.75) is 46.1 Å². The van der Waals surface area contributed by atoms with E-state index in [0.29, 0.717) is 0 Å². The van der Waals surface area contributed by atoms with E-state index in [4.69, 9.17) is 0 Å². The van der Waals surface area contributed by atoms with Crippen LogP contribution >= 0.6 is 0 Å². The molecule has 1 aliphatic carbocycles. The maximum Gasteiger partial charge on any atom is 0.224 e. The molecule has 4 nitrogen and oxygen atoms in total. The van der Waals surface area contributed by atoms with Crippen molar-refractivity contribution >= 4 is 5.91 Å². The van der Waals surface area contributed by atoms with E-state index in [2.05, 4.69) is 29.1 Å². The summed E-state index contributed by atoms with van der Waals surface area (Å²) in [6, 6.07) is -0.0473. The Morgan fingerprint density at radius 3 is 2.94 bits per heavy atom. The van der Waals surface area contributed by atoms with E-state index in [1.807, 2.05) is 6.92 Å². The molecule has 1 saturated carbocycles. The molecule has 1 aromatic rings. The quantitative estimate of drug-likeness (QED) is 0.845. The van der Waals surface area contributed by atoms with E-state index in [1.165, 1.54) is 0 Å².